The molecule has 0 aromatic rings. The summed E-state index contributed by atoms with van der Waals surface area (Å²) in [5, 5.41) is 24.0. The van der Waals surface area contributed by atoms with Gasteiger partial charge in [0.05, 0.1) is 12.8 Å². The summed E-state index contributed by atoms with van der Waals surface area (Å²) in [6, 6.07) is 0.314. The molecule has 2 unspecified atom stereocenters. The van der Waals surface area contributed by atoms with Gasteiger partial charge in [0.15, 0.2) is 0 Å². The van der Waals surface area contributed by atoms with Crippen molar-refractivity contribution in [3.63, 3.8) is 0 Å². The molecule has 2 atom stereocenters. The van der Waals surface area contributed by atoms with E-state index in [1.54, 1.807) is 0 Å². The maximum Gasteiger partial charge on any atom is 0.304 e. The fourth-order valence-electron chi connectivity index (χ4n) is 3.88. The van der Waals surface area contributed by atoms with Crippen molar-refractivity contribution >= 4 is 11.9 Å². The summed E-state index contributed by atoms with van der Waals surface area (Å²) in [5.41, 5.74) is 0.295. The Hall–Kier alpha value is -1.14. The largest absolute Gasteiger partial charge is 0.481 e. The van der Waals surface area contributed by atoms with Gasteiger partial charge in [0, 0.05) is 25.7 Å². The van der Waals surface area contributed by atoms with E-state index in [1.807, 2.05) is 0 Å². The van der Waals surface area contributed by atoms with E-state index in [9.17, 15) is 9.59 Å². The second-order valence-electron chi connectivity index (χ2n) is 7.68. The van der Waals surface area contributed by atoms with E-state index in [1.165, 1.54) is 0 Å². The minimum Gasteiger partial charge on any atom is -0.481 e. The predicted molar refractivity (Wildman–Crippen MR) is 84.9 cm³/mol. The van der Waals surface area contributed by atoms with Crippen molar-refractivity contribution in [3.05, 3.63) is 0 Å². The summed E-state index contributed by atoms with van der Waals surface area (Å²) in [4.78, 5) is 21.2. The predicted octanol–water partition coefficient (Wildman–Crippen LogP) is 1.70. The van der Waals surface area contributed by atoms with Crippen molar-refractivity contribution in [3.8, 4) is 0 Å². The number of carboxylic acids is 2. The van der Waals surface area contributed by atoms with Gasteiger partial charge in [0.25, 0.3) is 0 Å². The molecule has 6 heteroatoms. The molecule has 1 saturated carbocycles. The fraction of sp³-hybridized carbons (Fsp3) is 0.875. The number of nitrogens with one attached hydrogen (secondary N) is 2. The number of carbonyl (C=O) groups is 2. The molecule has 1 aliphatic carbocycles. The van der Waals surface area contributed by atoms with Crippen LogP contribution in [-0.2, 0) is 9.59 Å². The summed E-state index contributed by atoms with van der Waals surface area (Å²) in [6.45, 7) is 8.50. The fourth-order valence-corrected chi connectivity index (χ4v) is 3.88. The lowest BCUT2D eigenvalue weighted by molar-refractivity contribution is -0.138. The summed E-state index contributed by atoms with van der Waals surface area (Å²) >= 11 is 0. The number of hydrogen-bond acceptors (Lipinski definition) is 4. The first kappa shape index (κ1) is 18.9. The second-order valence-corrected chi connectivity index (χ2v) is 7.68. The normalized spacial score (nSPS) is 27.5. The van der Waals surface area contributed by atoms with Crippen molar-refractivity contribution in [2.24, 2.45) is 10.8 Å². The van der Waals surface area contributed by atoms with E-state index in [0.29, 0.717) is 19.1 Å². The van der Waals surface area contributed by atoms with Crippen LogP contribution in [0.5, 0.6) is 0 Å². The van der Waals surface area contributed by atoms with E-state index in [4.69, 9.17) is 10.2 Å². The van der Waals surface area contributed by atoms with Crippen molar-refractivity contribution in [1.29, 1.82) is 0 Å². The average Bonchev–Trinajstić information content (AvgIpc) is 2.31. The Labute approximate surface area is 132 Å². The molecule has 0 spiro atoms. The van der Waals surface area contributed by atoms with E-state index in [2.05, 4.69) is 31.4 Å². The van der Waals surface area contributed by atoms with E-state index in [0.717, 1.165) is 25.8 Å². The molecule has 0 radical (unpaired) electrons. The topological polar surface area (TPSA) is 98.7 Å². The molecule has 1 aliphatic rings. The van der Waals surface area contributed by atoms with Crippen LogP contribution in [0.1, 0.15) is 52.9 Å². The Balaban J connectivity index is 2.50. The zero-order valence-corrected chi connectivity index (χ0v) is 13.9. The maximum absolute atomic E-state index is 10.6. The van der Waals surface area contributed by atoms with Crippen LogP contribution in [0.3, 0.4) is 0 Å². The second kappa shape index (κ2) is 7.92. The Morgan fingerprint density at radius 3 is 2.23 bits per heavy atom. The van der Waals surface area contributed by atoms with Crippen molar-refractivity contribution in [1.82, 2.24) is 10.6 Å². The van der Waals surface area contributed by atoms with Crippen LogP contribution >= 0.6 is 0 Å². The van der Waals surface area contributed by atoms with Crippen LogP contribution in [0.2, 0.25) is 0 Å². The van der Waals surface area contributed by atoms with Gasteiger partial charge in [-0.15, -0.1) is 0 Å². The summed E-state index contributed by atoms with van der Waals surface area (Å²) in [6.07, 6.45) is 3.38. The van der Waals surface area contributed by atoms with Gasteiger partial charge < -0.3 is 20.8 Å². The number of aliphatic carboxylic acids is 2. The quantitative estimate of drug-likeness (QED) is 0.484. The molecule has 0 aromatic carbocycles. The number of hydrogen-bond donors (Lipinski definition) is 4. The Morgan fingerprint density at radius 1 is 1.05 bits per heavy atom. The highest BCUT2D eigenvalue weighted by atomic mass is 16.4. The Morgan fingerprint density at radius 2 is 1.64 bits per heavy atom. The van der Waals surface area contributed by atoms with Gasteiger partial charge in [-0.2, -0.15) is 0 Å². The first-order chi connectivity index (χ1) is 10.1. The molecular weight excluding hydrogens is 284 g/mol. The molecule has 0 aliphatic heterocycles. The van der Waals surface area contributed by atoms with Crippen LogP contribution in [0, 0.1) is 10.8 Å². The number of carboxylic acid groups (broad SMARTS) is 2. The molecular formula is C16H30N2O4. The molecule has 0 aromatic heterocycles. The third-order valence-corrected chi connectivity index (χ3v) is 4.28. The number of rotatable bonds is 9. The average molecular weight is 314 g/mol. The molecule has 22 heavy (non-hydrogen) atoms. The lowest BCUT2D eigenvalue weighted by Gasteiger charge is -2.47. The van der Waals surface area contributed by atoms with Gasteiger partial charge in [-0.25, -0.2) is 0 Å². The summed E-state index contributed by atoms with van der Waals surface area (Å²) < 4.78 is 0. The molecule has 6 nitrogen and oxygen atoms in total. The molecule has 0 bridgehead atoms. The van der Waals surface area contributed by atoms with Gasteiger partial charge in [-0.05, 0) is 30.1 Å². The molecule has 1 fully saturated rings. The Bertz CT molecular complexity index is 398. The first-order valence-electron chi connectivity index (χ1n) is 8.00. The van der Waals surface area contributed by atoms with Gasteiger partial charge in [0.1, 0.15) is 0 Å². The van der Waals surface area contributed by atoms with E-state index >= 15 is 0 Å². The molecule has 128 valence electrons. The molecule has 1 rings (SSSR count). The summed E-state index contributed by atoms with van der Waals surface area (Å²) in [7, 11) is 0. The third kappa shape index (κ3) is 7.22. The zero-order valence-electron chi connectivity index (χ0n) is 13.9. The van der Waals surface area contributed by atoms with Crippen LogP contribution in [-0.4, -0.2) is 47.8 Å². The minimum absolute atomic E-state index is 0.0984. The van der Waals surface area contributed by atoms with Crippen LogP contribution in [0.15, 0.2) is 0 Å². The molecule has 4 N–H and O–H groups in total. The van der Waals surface area contributed by atoms with Gasteiger partial charge in [-0.1, -0.05) is 20.8 Å². The Kier molecular flexibility index (Phi) is 6.81. The van der Waals surface area contributed by atoms with Gasteiger partial charge in [-0.3, -0.25) is 9.59 Å². The van der Waals surface area contributed by atoms with Crippen LogP contribution in [0.4, 0.5) is 0 Å². The lowest BCUT2D eigenvalue weighted by Crippen LogP contribution is -2.49. The smallest absolute Gasteiger partial charge is 0.304 e. The highest BCUT2D eigenvalue weighted by molar-refractivity contribution is 5.67. The summed E-state index contributed by atoms with van der Waals surface area (Å²) in [5.74, 6) is -1.56. The zero-order chi connectivity index (χ0) is 16.8. The molecule has 0 heterocycles. The van der Waals surface area contributed by atoms with Crippen molar-refractivity contribution < 1.29 is 19.8 Å². The SMILES string of the molecule is CC1(C)CC(NCCC(=O)O)CC(C)(CNCCC(=O)O)C1. The lowest BCUT2D eigenvalue weighted by atomic mass is 9.62. The van der Waals surface area contributed by atoms with Crippen molar-refractivity contribution in [2.75, 3.05) is 19.6 Å². The standard InChI is InChI=1S/C16H30N2O4/c1-15(2)8-12(18-7-5-14(21)22)9-16(3,10-15)11-17-6-4-13(19)20/h12,17-18H,4-11H2,1-3H3,(H,19,20)(H,21,22). The third-order valence-electron chi connectivity index (χ3n) is 4.28. The van der Waals surface area contributed by atoms with Crippen LogP contribution in [0.25, 0.3) is 0 Å². The molecule has 0 amide bonds. The first-order valence-corrected chi connectivity index (χ1v) is 8.00. The highest BCUT2D eigenvalue weighted by Crippen LogP contribution is 2.45. The van der Waals surface area contributed by atoms with E-state index in [-0.39, 0.29) is 23.7 Å². The monoisotopic (exact) mass is 314 g/mol. The minimum atomic E-state index is -0.783. The highest BCUT2D eigenvalue weighted by Gasteiger charge is 2.40. The van der Waals surface area contributed by atoms with Gasteiger partial charge in [0.2, 0.25) is 0 Å². The van der Waals surface area contributed by atoms with Crippen LogP contribution < -0.4 is 10.6 Å². The molecule has 0 saturated heterocycles. The van der Waals surface area contributed by atoms with E-state index < -0.39 is 11.9 Å². The van der Waals surface area contributed by atoms with Crippen molar-refractivity contribution in [2.45, 2.75) is 58.9 Å². The maximum atomic E-state index is 10.6. The van der Waals surface area contributed by atoms with Gasteiger partial charge >= 0.3 is 11.9 Å².